The fraction of sp³-hybridized carbons (Fsp3) is 0.364. The van der Waals surface area contributed by atoms with Crippen LogP contribution in [0.15, 0.2) is 18.2 Å². The van der Waals surface area contributed by atoms with Crippen molar-refractivity contribution in [3.8, 4) is 5.75 Å². The van der Waals surface area contributed by atoms with Crippen molar-refractivity contribution in [1.29, 1.82) is 0 Å². The Kier molecular flexibility index (Phi) is 4.65. The number of nitrogens with zero attached hydrogens (tertiary/aromatic N) is 2. The summed E-state index contributed by atoms with van der Waals surface area (Å²) in [6, 6.07) is 5.07. The van der Waals surface area contributed by atoms with Gasteiger partial charge in [0.2, 0.25) is 0 Å². The summed E-state index contributed by atoms with van der Waals surface area (Å²) in [5.74, 6) is 4.91. The molecule has 104 valence electrons. The number of aromatic hydroxyl groups is 1. The zero-order valence-corrected chi connectivity index (χ0v) is 11.0. The molecule has 0 radical (unpaired) electrons. The number of phenols is 1. The van der Waals surface area contributed by atoms with Crippen LogP contribution in [0.4, 0.5) is 4.79 Å². The van der Waals surface area contributed by atoms with E-state index in [4.69, 9.17) is 15.7 Å². The first-order valence-corrected chi connectivity index (χ1v) is 5.51. The van der Waals surface area contributed by atoms with E-state index in [1.54, 1.807) is 39.0 Å². The van der Waals surface area contributed by atoms with Gasteiger partial charge in [0.1, 0.15) is 16.9 Å². The van der Waals surface area contributed by atoms with E-state index < -0.39 is 11.7 Å². The van der Waals surface area contributed by atoms with Crippen molar-refractivity contribution in [3.63, 3.8) is 0 Å². The molecule has 0 fully saturated rings. The van der Waals surface area contributed by atoms with Crippen molar-refractivity contribution < 1.29 is 14.6 Å². The molecule has 0 aliphatic heterocycles. The molecule has 0 saturated heterocycles. The maximum absolute atomic E-state index is 10.4. The van der Waals surface area contributed by atoms with Gasteiger partial charge < -0.3 is 9.84 Å². The van der Waals surface area contributed by atoms with Gasteiger partial charge in [0.15, 0.2) is 5.52 Å². The minimum Gasteiger partial charge on any atom is -0.506 e. The van der Waals surface area contributed by atoms with Crippen LogP contribution in [0.2, 0.25) is 0 Å². The molecule has 8 heteroatoms. The van der Waals surface area contributed by atoms with Crippen LogP contribution in [0.1, 0.15) is 20.8 Å². The highest BCUT2D eigenvalue weighted by Gasteiger charge is 2.14. The van der Waals surface area contributed by atoms with Crippen LogP contribution in [-0.2, 0) is 4.74 Å². The van der Waals surface area contributed by atoms with Gasteiger partial charge in [-0.15, -0.1) is 0 Å². The van der Waals surface area contributed by atoms with Crippen LogP contribution in [0.3, 0.4) is 0 Å². The van der Waals surface area contributed by atoms with Crippen molar-refractivity contribution in [3.05, 3.63) is 18.2 Å². The second-order valence-electron chi connectivity index (χ2n) is 4.61. The molecular weight excluding hydrogens is 250 g/mol. The van der Waals surface area contributed by atoms with Gasteiger partial charge in [0, 0.05) is 0 Å². The summed E-state index contributed by atoms with van der Waals surface area (Å²) in [6.45, 7) is 5.30. The molecule has 2 rings (SSSR count). The number of para-hydroxylation sites is 1. The van der Waals surface area contributed by atoms with Crippen LogP contribution in [0, 0.1) is 0 Å². The highest BCUT2D eigenvalue weighted by molar-refractivity contribution is 5.79. The summed E-state index contributed by atoms with van der Waals surface area (Å²) in [7, 11) is 0. The maximum Gasteiger partial charge on any atom is 0.421 e. The van der Waals surface area contributed by atoms with Gasteiger partial charge in [-0.2, -0.15) is 15.4 Å². The van der Waals surface area contributed by atoms with Gasteiger partial charge in [-0.05, 0) is 32.9 Å². The molecule has 0 atom stereocenters. The molecule has 8 nitrogen and oxygen atoms in total. The Hall–Kier alpha value is -2.35. The summed E-state index contributed by atoms with van der Waals surface area (Å²) in [4.78, 5) is 10.4. The van der Waals surface area contributed by atoms with E-state index in [1.807, 2.05) is 5.43 Å². The molecule has 1 aromatic heterocycles. The van der Waals surface area contributed by atoms with Crippen molar-refractivity contribution >= 4 is 17.1 Å². The molecule has 0 unspecified atom stereocenters. The number of benzene rings is 1. The Bertz CT molecular complexity index is 546. The fourth-order valence-electron chi connectivity index (χ4n) is 1.16. The van der Waals surface area contributed by atoms with Gasteiger partial charge in [-0.25, -0.2) is 10.6 Å². The lowest BCUT2D eigenvalue weighted by Crippen LogP contribution is -2.36. The number of carbonyl (C=O) groups is 1. The molecule has 0 bridgehead atoms. The van der Waals surface area contributed by atoms with Gasteiger partial charge in [0.25, 0.3) is 0 Å². The minimum absolute atomic E-state index is 0.159. The molecular formula is C11H17N5O3. The lowest BCUT2D eigenvalue weighted by atomic mass is 10.2. The number of aromatic amines is 1. The number of ether oxygens (including phenoxy) is 1. The third kappa shape index (κ3) is 4.80. The second kappa shape index (κ2) is 6.01. The predicted molar refractivity (Wildman–Crippen MR) is 69.1 cm³/mol. The van der Waals surface area contributed by atoms with E-state index in [0.717, 1.165) is 0 Å². The summed E-state index contributed by atoms with van der Waals surface area (Å²) in [5, 5.41) is 19.1. The zero-order chi connectivity index (χ0) is 14.5. The van der Waals surface area contributed by atoms with E-state index in [-0.39, 0.29) is 5.75 Å². The number of hydrogen-bond acceptors (Lipinski definition) is 6. The largest absolute Gasteiger partial charge is 0.506 e. The number of nitrogens with one attached hydrogen (secondary N) is 2. The zero-order valence-electron chi connectivity index (χ0n) is 11.0. The Balaban J connectivity index is 0.000000192. The topological polar surface area (TPSA) is 126 Å². The highest BCUT2D eigenvalue weighted by atomic mass is 16.6. The maximum atomic E-state index is 10.4. The number of hydrazine groups is 1. The number of H-pyrrole nitrogens is 1. The van der Waals surface area contributed by atoms with Crippen LogP contribution >= 0.6 is 0 Å². The molecule has 19 heavy (non-hydrogen) atoms. The second-order valence-corrected chi connectivity index (χ2v) is 4.61. The lowest BCUT2D eigenvalue weighted by Gasteiger charge is -2.18. The van der Waals surface area contributed by atoms with Crippen molar-refractivity contribution in [2.45, 2.75) is 26.4 Å². The average molecular weight is 267 g/mol. The Morgan fingerprint density at radius 2 is 2.11 bits per heavy atom. The fourth-order valence-corrected chi connectivity index (χ4v) is 1.16. The molecule has 1 amide bonds. The molecule has 5 N–H and O–H groups in total. The van der Waals surface area contributed by atoms with Gasteiger partial charge in [-0.3, -0.25) is 5.43 Å². The van der Waals surface area contributed by atoms with Crippen LogP contribution in [0.25, 0.3) is 11.0 Å². The van der Waals surface area contributed by atoms with Gasteiger partial charge in [0.05, 0.1) is 0 Å². The van der Waals surface area contributed by atoms with Gasteiger partial charge in [-0.1, -0.05) is 6.07 Å². The Morgan fingerprint density at radius 3 is 2.58 bits per heavy atom. The van der Waals surface area contributed by atoms with Crippen molar-refractivity contribution in [2.75, 3.05) is 0 Å². The van der Waals surface area contributed by atoms with Crippen LogP contribution in [0.5, 0.6) is 5.75 Å². The van der Waals surface area contributed by atoms with Crippen molar-refractivity contribution in [2.24, 2.45) is 5.84 Å². The molecule has 1 heterocycles. The van der Waals surface area contributed by atoms with E-state index in [2.05, 4.69) is 15.4 Å². The van der Waals surface area contributed by atoms with E-state index in [0.29, 0.717) is 11.0 Å². The Morgan fingerprint density at radius 1 is 1.42 bits per heavy atom. The number of carbonyl (C=O) groups excluding carboxylic acids is 1. The Labute approximate surface area is 109 Å². The number of nitrogens with two attached hydrogens (primary N) is 1. The molecule has 2 aromatic rings. The molecule has 0 aliphatic rings. The third-order valence-electron chi connectivity index (χ3n) is 1.84. The molecule has 0 aliphatic carbocycles. The third-order valence-corrected chi connectivity index (χ3v) is 1.84. The number of aromatic nitrogens is 3. The summed E-state index contributed by atoms with van der Waals surface area (Å²) in [6.07, 6.45) is -0.609. The molecule has 0 saturated carbocycles. The smallest absolute Gasteiger partial charge is 0.421 e. The van der Waals surface area contributed by atoms with E-state index in [9.17, 15) is 4.79 Å². The summed E-state index contributed by atoms with van der Waals surface area (Å²) in [5.41, 5.74) is 2.59. The summed E-state index contributed by atoms with van der Waals surface area (Å²) >= 11 is 0. The number of fused-ring (bicyclic) bond motifs is 1. The number of hydrogen-bond donors (Lipinski definition) is 4. The standard InChI is InChI=1S/C6H5N3O.C5H12N2O2/c10-5-3-1-2-4-6(5)8-9-7-4;1-5(2,3)9-4(8)7-6/h1-3,10H,(H,7,8,9);6H2,1-3H3,(H,7,8). The SMILES string of the molecule is CC(C)(C)OC(=O)NN.Oc1cccc2n[nH]nc12. The first-order valence-electron chi connectivity index (χ1n) is 5.51. The number of rotatable bonds is 0. The number of phenolic OH excluding ortho intramolecular Hbond substituents is 1. The minimum atomic E-state index is -0.609. The van der Waals surface area contributed by atoms with Gasteiger partial charge >= 0.3 is 6.09 Å². The molecule has 1 aromatic carbocycles. The first-order chi connectivity index (χ1) is 8.83. The first kappa shape index (κ1) is 14.7. The van der Waals surface area contributed by atoms with E-state index in [1.165, 1.54) is 0 Å². The normalized spacial score (nSPS) is 10.5. The monoisotopic (exact) mass is 267 g/mol. The summed E-state index contributed by atoms with van der Waals surface area (Å²) < 4.78 is 4.71. The van der Waals surface area contributed by atoms with Crippen molar-refractivity contribution in [1.82, 2.24) is 20.8 Å². The van der Waals surface area contributed by atoms with Crippen LogP contribution in [-0.4, -0.2) is 32.2 Å². The average Bonchev–Trinajstić information content (AvgIpc) is 2.77. The lowest BCUT2D eigenvalue weighted by molar-refractivity contribution is 0.0527. The quantitative estimate of drug-likeness (QED) is 0.321. The van der Waals surface area contributed by atoms with E-state index >= 15 is 0 Å². The predicted octanol–water partition coefficient (Wildman–Crippen LogP) is 1.05. The molecule has 0 spiro atoms. The van der Waals surface area contributed by atoms with Crippen LogP contribution < -0.4 is 11.3 Å². The highest BCUT2D eigenvalue weighted by Crippen LogP contribution is 2.18. The number of amides is 1.